The number of sulfonamides is 1. The average molecular weight is 495 g/mol. The molecule has 0 aromatic heterocycles. The molecule has 1 heterocycles. The van der Waals surface area contributed by atoms with Crippen LogP contribution in [0.4, 0.5) is 11.4 Å². The molecule has 34 heavy (non-hydrogen) atoms. The molecule has 1 aliphatic heterocycles. The molecule has 0 bridgehead atoms. The maximum atomic E-state index is 13.2. The Morgan fingerprint density at radius 2 is 1.71 bits per heavy atom. The molecule has 12 nitrogen and oxygen atoms in total. The van der Waals surface area contributed by atoms with Gasteiger partial charge in [0, 0.05) is 30.8 Å². The van der Waals surface area contributed by atoms with Crippen molar-refractivity contribution in [1.82, 2.24) is 4.31 Å². The Balaban J connectivity index is 2.00. The molecule has 1 N–H and O–H groups in total. The van der Waals surface area contributed by atoms with Crippen molar-refractivity contribution in [3.05, 3.63) is 46.0 Å². The van der Waals surface area contributed by atoms with Crippen LogP contribution in [0.15, 0.2) is 40.3 Å². The van der Waals surface area contributed by atoms with E-state index < -0.39 is 14.9 Å². The van der Waals surface area contributed by atoms with Crippen LogP contribution >= 0.6 is 0 Å². The summed E-state index contributed by atoms with van der Waals surface area (Å²) in [6.45, 7) is 2.50. The average Bonchev–Trinajstić information content (AvgIpc) is 2.86. The van der Waals surface area contributed by atoms with E-state index in [1.807, 2.05) is 0 Å². The predicted octanol–water partition coefficient (Wildman–Crippen LogP) is 2.48. The van der Waals surface area contributed by atoms with Crippen LogP contribution in [0, 0.1) is 10.1 Å². The van der Waals surface area contributed by atoms with Gasteiger partial charge in [0.05, 0.1) is 50.9 Å². The Bertz CT molecular complexity index is 1170. The highest BCUT2D eigenvalue weighted by Crippen LogP contribution is 2.38. The molecule has 2 aromatic rings. The smallest absolute Gasteiger partial charge is 0.270 e. The number of benzene rings is 2. The third-order valence-corrected chi connectivity index (χ3v) is 7.13. The largest absolute Gasteiger partial charge is 0.493 e. The van der Waals surface area contributed by atoms with Gasteiger partial charge in [0.2, 0.25) is 15.8 Å². The van der Waals surface area contributed by atoms with E-state index in [0.717, 1.165) is 6.07 Å². The number of morpholine rings is 1. The van der Waals surface area contributed by atoms with E-state index >= 15 is 0 Å². The quantitative estimate of drug-likeness (QED) is 0.316. The number of rotatable bonds is 9. The van der Waals surface area contributed by atoms with Crippen LogP contribution in [0.25, 0.3) is 0 Å². The molecule has 0 unspecified atom stereocenters. The first-order valence-corrected chi connectivity index (χ1v) is 11.6. The molecule has 0 aliphatic carbocycles. The molecule has 184 valence electrons. The summed E-state index contributed by atoms with van der Waals surface area (Å²) < 4.78 is 49.0. The van der Waals surface area contributed by atoms with Gasteiger partial charge in [-0.3, -0.25) is 15.5 Å². The first-order chi connectivity index (χ1) is 16.2. The zero-order valence-electron chi connectivity index (χ0n) is 19.2. The minimum Gasteiger partial charge on any atom is -0.493 e. The Labute approximate surface area is 197 Å². The number of methoxy groups -OCH3 is 3. The summed E-state index contributed by atoms with van der Waals surface area (Å²) in [5, 5.41) is 15.6. The maximum Gasteiger partial charge on any atom is 0.270 e. The van der Waals surface area contributed by atoms with Crippen molar-refractivity contribution in [3.63, 3.8) is 0 Å². The molecule has 1 saturated heterocycles. The number of anilines is 1. The number of nitro groups is 1. The minimum absolute atomic E-state index is 0.101. The van der Waals surface area contributed by atoms with Crippen molar-refractivity contribution in [2.24, 2.45) is 5.10 Å². The number of ether oxygens (including phenoxy) is 4. The normalized spacial score (nSPS) is 15.0. The molecule has 2 aromatic carbocycles. The number of nitro benzene ring substituents is 1. The zero-order chi connectivity index (χ0) is 24.9. The molecule has 13 heteroatoms. The van der Waals surface area contributed by atoms with E-state index in [1.165, 1.54) is 37.8 Å². The Kier molecular flexibility index (Phi) is 7.91. The van der Waals surface area contributed by atoms with Crippen LogP contribution in [-0.4, -0.2) is 71.0 Å². The lowest BCUT2D eigenvalue weighted by Crippen LogP contribution is -2.40. The van der Waals surface area contributed by atoms with Crippen molar-refractivity contribution >= 4 is 27.1 Å². The highest BCUT2D eigenvalue weighted by Gasteiger charge is 2.30. The van der Waals surface area contributed by atoms with Crippen LogP contribution in [0.1, 0.15) is 12.5 Å². The molecule has 1 aliphatic rings. The van der Waals surface area contributed by atoms with E-state index in [0.29, 0.717) is 28.5 Å². The standard InChI is InChI=1S/C21H26N4O8S/c1-14(15-11-18(30-2)21(32-4)19(12-15)31-3)22-23-17-6-5-16(25(26)27)13-20(17)34(28,29)24-7-9-33-10-8-24/h5-6,11-13,23H,7-10H2,1-4H3/b22-14+. The molecule has 1 fully saturated rings. The summed E-state index contributed by atoms with van der Waals surface area (Å²) in [5.74, 6) is 1.28. The van der Waals surface area contributed by atoms with E-state index in [9.17, 15) is 18.5 Å². The first-order valence-electron chi connectivity index (χ1n) is 10.2. The monoisotopic (exact) mass is 494 g/mol. The predicted molar refractivity (Wildman–Crippen MR) is 125 cm³/mol. The fourth-order valence-corrected chi connectivity index (χ4v) is 4.92. The summed E-state index contributed by atoms with van der Waals surface area (Å²) in [7, 11) is 0.446. The molecular weight excluding hydrogens is 468 g/mol. The summed E-state index contributed by atoms with van der Waals surface area (Å²) in [6.07, 6.45) is 0. The van der Waals surface area contributed by atoms with E-state index in [1.54, 1.807) is 19.1 Å². The summed E-state index contributed by atoms with van der Waals surface area (Å²) >= 11 is 0. The van der Waals surface area contributed by atoms with E-state index in [2.05, 4.69) is 10.5 Å². The number of nitrogens with one attached hydrogen (secondary N) is 1. The Morgan fingerprint density at radius 1 is 1.09 bits per heavy atom. The number of hydrogen-bond donors (Lipinski definition) is 1. The lowest BCUT2D eigenvalue weighted by Gasteiger charge is -2.26. The number of nitrogens with zero attached hydrogens (tertiary/aromatic N) is 3. The Morgan fingerprint density at radius 3 is 2.24 bits per heavy atom. The van der Waals surface area contributed by atoms with Gasteiger partial charge in [-0.2, -0.15) is 9.41 Å². The van der Waals surface area contributed by atoms with Gasteiger partial charge in [-0.05, 0) is 25.1 Å². The van der Waals surface area contributed by atoms with Crippen LogP contribution in [0.3, 0.4) is 0 Å². The van der Waals surface area contributed by atoms with Gasteiger partial charge < -0.3 is 18.9 Å². The van der Waals surface area contributed by atoms with Gasteiger partial charge in [-0.1, -0.05) is 0 Å². The van der Waals surface area contributed by atoms with Gasteiger partial charge >= 0.3 is 0 Å². The third-order valence-electron chi connectivity index (χ3n) is 5.19. The molecule has 0 amide bonds. The van der Waals surface area contributed by atoms with E-state index in [4.69, 9.17) is 18.9 Å². The highest BCUT2D eigenvalue weighted by atomic mass is 32.2. The van der Waals surface area contributed by atoms with E-state index in [-0.39, 0.29) is 42.6 Å². The van der Waals surface area contributed by atoms with Crippen molar-refractivity contribution in [3.8, 4) is 17.2 Å². The van der Waals surface area contributed by atoms with Crippen molar-refractivity contribution in [2.75, 3.05) is 53.1 Å². The highest BCUT2D eigenvalue weighted by molar-refractivity contribution is 7.89. The first kappa shape index (κ1) is 25.2. The van der Waals surface area contributed by atoms with Crippen LogP contribution in [0.5, 0.6) is 17.2 Å². The third kappa shape index (κ3) is 5.21. The van der Waals surface area contributed by atoms with Gasteiger partial charge in [0.25, 0.3) is 5.69 Å². The summed E-state index contributed by atoms with van der Waals surface area (Å²) in [6, 6.07) is 6.95. The van der Waals surface area contributed by atoms with Crippen LogP contribution in [0.2, 0.25) is 0 Å². The topological polar surface area (TPSA) is 142 Å². The molecule has 0 spiro atoms. The second-order valence-corrected chi connectivity index (χ2v) is 9.08. The van der Waals surface area contributed by atoms with Gasteiger partial charge in [0.1, 0.15) is 4.90 Å². The summed E-state index contributed by atoms with van der Waals surface area (Å²) in [4.78, 5) is 10.4. The second kappa shape index (κ2) is 10.7. The van der Waals surface area contributed by atoms with Crippen molar-refractivity contribution < 1.29 is 32.3 Å². The van der Waals surface area contributed by atoms with Gasteiger partial charge in [-0.25, -0.2) is 8.42 Å². The second-order valence-electron chi connectivity index (χ2n) is 7.18. The van der Waals surface area contributed by atoms with Crippen LogP contribution in [-0.2, 0) is 14.8 Å². The lowest BCUT2D eigenvalue weighted by atomic mass is 10.1. The lowest BCUT2D eigenvalue weighted by molar-refractivity contribution is -0.385. The fourth-order valence-electron chi connectivity index (χ4n) is 3.36. The number of hydrogen-bond acceptors (Lipinski definition) is 10. The van der Waals surface area contributed by atoms with Crippen LogP contribution < -0.4 is 19.6 Å². The molecule has 0 saturated carbocycles. The van der Waals surface area contributed by atoms with Crippen molar-refractivity contribution in [2.45, 2.75) is 11.8 Å². The molecule has 0 atom stereocenters. The molecule has 3 rings (SSSR count). The van der Waals surface area contributed by atoms with Gasteiger partial charge in [0.15, 0.2) is 11.5 Å². The summed E-state index contributed by atoms with van der Waals surface area (Å²) in [5.41, 5.74) is 3.60. The molecular formula is C21H26N4O8S. The maximum absolute atomic E-state index is 13.2. The van der Waals surface area contributed by atoms with Gasteiger partial charge in [-0.15, -0.1) is 0 Å². The number of hydrazone groups is 1. The van der Waals surface area contributed by atoms with Crippen molar-refractivity contribution in [1.29, 1.82) is 0 Å². The Hall–Kier alpha value is -3.42. The zero-order valence-corrected chi connectivity index (χ0v) is 20.0. The molecule has 0 radical (unpaired) electrons. The number of non-ortho nitro benzene ring substituents is 1. The fraction of sp³-hybridized carbons (Fsp3) is 0.381. The minimum atomic E-state index is -4.03. The SMILES string of the molecule is COc1cc(/C(C)=N/Nc2ccc([N+](=O)[O-])cc2S(=O)(=O)N2CCOCC2)cc(OC)c1OC.